The van der Waals surface area contributed by atoms with Crippen molar-refractivity contribution in [3.63, 3.8) is 0 Å². The van der Waals surface area contributed by atoms with Gasteiger partial charge in [-0.25, -0.2) is 4.98 Å². The average Bonchev–Trinajstić information content (AvgIpc) is 2.96. The molecule has 1 aliphatic heterocycles. The average molecular weight is 313 g/mol. The molecule has 2 amide bonds. The number of carbonyl (C=O) groups is 2. The normalized spacial score (nSPS) is 18.4. The molecule has 1 aromatic heterocycles. The molecule has 120 valence electrons. The summed E-state index contributed by atoms with van der Waals surface area (Å²) >= 11 is 0. The number of nitrogens with one attached hydrogen (secondary N) is 1. The fraction of sp³-hybridized carbons (Fsp3) is 0.353. The molecule has 0 bridgehead atoms. The Morgan fingerprint density at radius 2 is 2.17 bits per heavy atom. The standard InChI is InChI=1S/C17H19N3O3/c1-12-16(22)18-8-5-9-20(12)15(21)10-14-11-23-17(19-14)13-6-3-2-4-7-13/h2-4,6-7,11-12H,5,8-10H2,1H3,(H,18,22). The molecule has 1 saturated heterocycles. The Morgan fingerprint density at radius 1 is 1.39 bits per heavy atom. The molecule has 1 aromatic carbocycles. The van der Waals surface area contributed by atoms with Crippen LogP contribution in [0.1, 0.15) is 19.0 Å². The summed E-state index contributed by atoms with van der Waals surface area (Å²) < 4.78 is 5.45. The first kappa shape index (κ1) is 15.3. The molecule has 1 atom stereocenters. The first-order chi connectivity index (χ1) is 11.1. The van der Waals surface area contributed by atoms with E-state index < -0.39 is 6.04 Å². The Balaban J connectivity index is 1.70. The highest BCUT2D eigenvalue weighted by Crippen LogP contribution is 2.18. The van der Waals surface area contributed by atoms with E-state index in [0.717, 1.165) is 12.0 Å². The Bertz CT molecular complexity index is 696. The SMILES string of the molecule is CC1C(=O)NCCCN1C(=O)Cc1coc(-c2ccccc2)n1. The number of nitrogens with zero attached hydrogens (tertiary/aromatic N) is 2. The van der Waals surface area contributed by atoms with E-state index in [9.17, 15) is 9.59 Å². The molecule has 3 rings (SSSR count). The van der Waals surface area contributed by atoms with Crippen molar-refractivity contribution < 1.29 is 14.0 Å². The van der Waals surface area contributed by atoms with Crippen molar-refractivity contribution in [2.24, 2.45) is 0 Å². The lowest BCUT2D eigenvalue weighted by Gasteiger charge is -2.25. The van der Waals surface area contributed by atoms with Crippen LogP contribution in [0, 0.1) is 0 Å². The number of hydrogen-bond acceptors (Lipinski definition) is 4. The van der Waals surface area contributed by atoms with Gasteiger partial charge >= 0.3 is 0 Å². The van der Waals surface area contributed by atoms with Crippen LogP contribution in [0.2, 0.25) is 0 Å². The number of aromatic nitrogens is 1. The molecule has 0 radical (unpaired) electrons. The van der Waals surface area contributed by atoms with Gasteiger partial charge in [-0.1, -0.05) is 18.2 Å². The van der Waals surface area contributed by atoms with Gasteiger partial charge < -0.3 is 14.6 Å². The second kappa shape index (κ2) is 6.64. The lowest BCUT2D eigenvalue weighted by Crippen LogP contribution is -2.45. The Labute approximate surface area is 134 Å². The van der Waals surface area contributed by atoms with E-state index in [4.69, 9.17) is 4.42 Å². The monoisotopic (exact) mass is 313 g/mol. The fourth-order valence-corrected chi connectivity index (χ4v) is 2.64. The maximum absolute atomic E-state index is 12.5. The van der Waals surface area contributed by atoms with Crippen molar-refractivity contribution in [3.05, 3.63) is 42.3 Å². The second-order valence-electron chi connectivity index (χ2n) is 5.59. The molecular formula is C17H19N3O3. The summed E-state index contributed by atoms with van der Waals surface area (Å²) in [6.07, 6.45) is 2.40. The summed E-state index contributed by atoms with van der Waals surface area (Å²) in [6, 6.07) is 9.08. The Hall–Kier alpha value is -2.63. The zero-order valence-corrected chi connectivity index (χ0v) is 13.0. The molecule has 0 saturated carbocycles. The van der Waals surface area contributed by atoms with Gasteiger partial charge in [-0.3, -0.25) is 9.59 Å². The largest absolute Gasteiger partial charge is 0.444 e. The van der Waals surface area contributed by atoms with Crippen LogP contribution in [0.25, 0.3) is 11.5 Å². The first-order valence-electron chi connectivity index (χ1n) is 7.72. The van der Waals surface area contributed by atoms with Crippen LogP contribution < -0.4 is 5.32 Å². The Kier molecular flexibility index (Phi) is 4.41. The molecule has 23 heavy (non-hydrogen) atoms. The van der Waals surface area contributed by atoms with Crippen molar-refractivity contribution in [2.75, 3.05) is 13.1 Å². The minimum atomic E-state index is -0.453. The third-order valence-electron chi connectivity index (χ3n) is 3.95. The van der Waals surface area contributed by atoms with Gasteiger partial charge in [0.1, 0.15) is 12.3 Å². The number of rotatable bonds is 3. The molecule has 2 heterocycles. The van der Waals surface area contributed by atoms with E-state index in [-0.39, 0.29) is 18.2 Å². The zero-order chi connectivity index (χ0) is 16.2. The molecule has 1 N–H and O–H groups in total. The van der Waals surface area contributed by atoms with Crippen molar-refractivity contribution in [3.8, 4) is 11.5 Å². The zero-order valence-electron chi connectivity index (χ0n) is 13.0. The summed E-state index contributed by atoms with van der Waals surface area (Å²) in [5.74, 6) is 0.276. The van der Waals surface area contributed by atoms with Crippen LogP contribution >= 0.6 is 0 Å². The highest BCUT2D eigenvalue weighted by atomic mass is 16.3. The van der Waals surface area contributed by atoms with Crippen molar-refractivity contribution >= 4 is 11.8 Å². The number of oxazole rings is 1. The molecule has 0 spiro atoms. The van der Waals surface area contributed by atoms with E-state index >= 15 is 0 Å². The van der Waals surface area contributed by atoms with Gasteiger partial charge in [0.05, 0.1) is 12.1 Å². The Morgan fingerprint density at radius 3 is 2.96 bits per heavy atom. The summed E-state index contributed by atoms with van der Waals surface area (Å²) in [6.45, 7) is 2.92. The predicted molar refractivity (Wildman–Crippen MR) is 84.4 cm³/mol. The topological polar surface area (TPSA) is 75.4 Å². The quantitative estimate of drug-likeness (QED) is 0.934. The number of hydrogen-bond donors (Lipinski definition) is 1. The molecule has 1 unspecified atom stereocenters. The molecular weight excluding hydrogens is 294 g/mol. The smallest absolute Gasteiger partial charge is 0.242 e. The van der Waals surface area contributed by atoms with Gasteiger partial charge in [-0.15, -0.1) is 0 Å². The predicted octanol–water partition coefficient (Wildman–Crippen LogP) is 1.62. The van der Waals surface area contributed by atoms with Crippen molar-refractivity contribution in [1.82, 2.24) is 15.2 Å². The van der Waals surface area contributed by atoms with Crippen LogP contribution in [0.3, 0.4) is 0 Å². The van der Waals surface area contributed by atoms with Crippen molar-refractivity contribution in [2.45, 2.75) is 25.8 Å². The van der Waals surface area contributed by atoms with Crippen LogP contribution in [-0.4, -0.2) is 40.8 Å². The summed E-state index contributed by atoms with van der Waals surface area (Å²) in [7, 11) is 0. The highest BCUT2D eigenvalue weighted by molar-refractivity contribution is 5.88. The lowest BCUT2D eigenvalue weighted by molar-refractivity contribution is -0.138. The molecule has 0 aliphatic carbocycles. The van der Waals surface area contributed by atoms with E-state index in [1.165, 1.54) is 6.26 Å². The second-order valence-corrected chi connectivity index (χ2v) is 5.59. The van der Waals surface area contributed by atoms with Gasteiger partial charge in [-0.2, -0.15) is 0 Å². The summed E-state index contributed by atoms with van der Waals surface area (Å²) in [4.78, 5) is 30.3. The van der Waals surface area contributed by atoms with Gasteiger partial charge in [0.2, 0.25) is 17.7 Å². The van der Waals surface area contributed by atoms with Gasteiger partial charge in [0, 0.05) is 18.7 Å². The third kappa shape index (κ3) is 3.41. The van der Waals surface area contributed by atoms with E-state index in [0.29, 0.717) is 24.7 Å². The minimum Gasteiger partial charge on any atom is -0.444 e. The fourth-order valence-electron chi connectivity index (χ4n) is 2.64. The molecule has 6 heteroatoms. The molecule has 1 aliphatic rings. The molecule has 2 aromatic rings. The molecule has 1 fully saturated rings. The third-order valence-corrected chi connectivity index (χ3v) is 3.95. The summed E-state index contributed by atoms with van der Waals surface area (Å²) in [5.41, 5.74) is 1.44. The van der Waals surface area contributed by atoms with E-state index in [1.807, 2.05) is 30.3 Å². The van der Waals surface area contributed by atoms with Crippen LogP contribution in [0.15, 0.2) is 41.0 Å². The summed E-state index contributed by atoms with van der Waals surface area (Å²) in [5, 5.41) is 2.80. The first-order valence-corrected chi connectivity index (χ1v) is 7.72. The maximum atomic E-state index is 12.5. The molecule has 6 nitrogen and oxygen atoms in total. The highest BCUT2D eigenvalue weighted by Gasteiger charge is 2.28. The van der Waals surface area contributed by atoms with Crippen LogP contribution in [-0.2, 0) is 16.0 Å². The van der Waals surface area contributed by atoms with E-state index in [2.05, 4.69) is 10.3 Å². The number of benzene rings is 1. The number of amides is 2. The van der Waals surface area contributed by atoms with Gasteiger partial charge in [0.15, 0.2) is 0 Å². The number of carbonyl (C=O) groups excluding carboxylic acids is 2. The van der Waals surface area contributed by atoms with Gasteiger partial charge in [-0.05, 0) is 25.5 Å². The van der Waals surface area contributed by atoms with E-state index in [1.54, 1.807) is 11.8 Å². The maximum Gasteiger partial charge on any atom is 0.242 e. The van der Waals surface area contributed by atoms with Crippen molar-refractivity contribution in [1.29, 1.82) is 0 Å². The minimum absolute atomic E-state index is 0.109. The van der Waals surface area contributed by atoms with Gasteiger partial charge in [0.25, 0.3) is 0 Å². The lowest BCUT2D eigenvalue weighted by atomic mass is 10.2. The van der Waals surface area contributed by atoms with Crippen LogP contribution in [0.5, 0.6) is 0 Å². The van der Waals surface area contributed by atoms with Crippen LogP contribution in [0.4, 0.5) is 0 Å².